The summed E-state index contributed by atoms with van der Waals surface area (Å²) in [7, 11) is 0. The van der Waals surface area contributed by atoms with Crippen molar-refractivity contribution in [1.82, 2.24) is 0 Å². The highest BCUT2D eigenvalue weighted by atomic mass is 32.2. The van der Waals surface area contributed by atoms with Gasteiger partial charge in [-0.1, -0.05) is 37.8 Å². The van der Waals surface area contributed by atoms with Gasteiger partial charge in [-0.2, -0.15) is 0 Å². The Morgan fingerprint density at radius 3 is 2.88 bits per heavy atom. The molecule has 5 nitrogen and oxygen atoms in total. The van der Waals surface area contributed by atoms with Gasteiger partial charge in [0.15, 0.2) is 5.12 Å². The number of nitrogens with one attached hydrogen (secondary N) is 1. The number of nitro groups is 1. The number of nitro benzene ring substituents is 1. The smallest absolute Gasteiger partial charge is 0.269 e. The molecule has 3 atom stereocenters. The van der Waals surface area contributed by atoms with Crippen molar-refractivity contribution in [3.8, 4) is 0 Å². The van der Waals surface area contributed by atoms with E-state index >= 15 is 0 Å². The molecule has 0 radical (unpaired) electrons. The molecule has 24 heavy (non-hydrogen) atoms. The third-order valence-corrected chi connectivity index (χ3v) is 6.34. The highest BCUT2D eigenvalue weighted by Crippen LogP contribution is 2.50. The lowest BCUT2D eigenvalue weighted by Gasteiger charge is -2.45. The van der Waals surface area contributed by atoms with Gasteiger partial charge in [0, 0.05) is 42.5 Å². The lowest BCUT2D eigenvalue weighted by molar-refractivity contribution is -0.384. The van der Waals surface area contributed by atoms with Crippen LogP contribution in [0.4, 0.5) is 11.4 Å². The Morgan fingerprint density at radius 2 is 2.21 bits per heavy atom. The first-order valence-electron chi connectivity index (χ1n) is 8.14. The fourth-order valence-electron chi connectivity index (χ4n) is 3.85. The van der Waals surface area contributed by atoms with E-state index in [0.29, 0.717) is 5.92 Å². The predicted octanol–water partition coefficient (Wildman–Crippen LogP) is 4.35. The van der Waals surface area contributed by atoms with Crippen LogP contribution >= 0.6 is 11.8 Å². The molecular formula is C18H22N2O3S. The van der Waals surface area contributed by atoms with Gasteiger partial charge in [-0.25, -0.2) is 0 Å². The summed E-state index contributed by atoms with van der Waals surface area (Å²) in [5.41, 5.74) is 2.05. The number of carbonyl (C=O) groups is 1. The number of rotatable bonds is 4. The third-order valence-electron chi connectivity index (χ3n) is 5.05. The number of nitrogens with zero attached hydrogens (tertiary/aromatic N) is 1. The molecule has 1 N–H and O–H groups in total. The summed E-state index contributed by atoms with van der Waals surface area (Å²) >= 11 is 1.37. The standard InChI is InChI=1S/C18H22N2O3S/c1-11(21)24-10-18(2,3)17-14-6-4-5-13(14)15-9-12(20(22)23)7-8-16(15)19-17/h4-5,7-9,13-14,17,19H,6,10H2,1-3H3. The maximum Gasteiger partial charge on any atom is 0.269 e. The zero-order valence-electron chi connectivity index (χ0n) is 14.1. The number of non-ortho nitro benzene ring substituents is 1. The number of fused-ring (bicyclic) bond motifs is 3. The van der Waals surface area contributed by atoms with Gasteiger partial charge in [-0.3, -0.25) is 14.9 Å². The predicted molar refractivity (Wildman–Crippen MR) is 97.4 cm³/mol. The van der Waals surface area contributed by atoms with E-state index in [-0.39, 0.29) is 33.1 Å². The molecule has 3 rings (SSSR count). The maximum absolute atomic E-state index is 11.4. The lowest BCUT2D eigenvalue weighted by atomic mass is 9.70. The summed E-state index contributed by atoms with van der Waals surface area (Å²) in [4.78, 5) is 22.1. The van der Waals surface area contributed by atoms with Crippen LogP contribution in [-0.2, 0) is 4.79 Å². The van der Waals surface area contributed by atoms with Crippen LogP contribution in [0.3, 0.4) is 0 Å². The van der Waals surface area contributed by atoms with Crippen LogP contribution in [-0.4, -0.2) is 21.8 Å². The fourth-order valence-corrected chi connectivity index (χ4v) is 4.60. The van der Waals surface area contributed by atoms with Gasteiger partial charge < -0.3 is 5.32 Å². The molecule has 1 aliphatic carbocycles. The van der Waals surface area contributed by atoms with Gasteiger partial charge in [0.25, 0.3) is 5.69 Å². The minimum absolute atomic E-state index is 0.0647. The van der Waals surface area contributed by atoms with Crippen LogP contribution < -0.4 is 5.32 Å². The van der Waals surface area contributed by atoms with Crippen molar-refractivity contribution in [3.05, 3.63) is 46.0 Å². The second kappa shape index (κ2) is 6.24. The molecule has 2 aliphatic rings. The molecule has 1 aromatic carbocycles. The van der Waals surface area contributed by atoms with Gasteiger partial charge in [0.05, 0.1) is 4.92 Å². The Labute approximate surface area is 146 Å². The SMILES string of the molecule is CC(=O)SCC(C)(C)C1Nc2ccc([N+](=O)[O-])cc2C2C=CCC21. The van der Waals surface area contributed by atoms with Gasteiger partial charge in [-0.15, -0.1) is 0 Å². The minimum atomic E-state index is -0.340. The molecule has 0 bridgehead atoms. The van der Waals surface area contributed by atoms with Crippen LogP contribution in [0, 0.1) is 21.4 Å². The molecule has 0 fully saturated rings. The van der Waals surface area contributed by atoms with E-state index < -0.39 is 0 Å². The summed E-state index contributed by atoms with van der Waals surface area (Å²) in [5, 5.41) is 14.8. The first-order chi connectivity index (χ1) is 11.3. The molecule has 6 heteroatoms. The molecule has 128 valence electrons. The molecule has 0 saturated heterocycles. The summed E-state index contributed by atoms with van der Waals surface area (Å²) in [6.07, 6.45) is 5.31. The number of benzene rings is 1. The number of hydrogen-bond donors (Lipinski definition) is 1. The van der Waals surface area contributed by atoms with Crippen LogP contribution in [0.1, 0.15) is 38.7 Å². The van der Waals surface area contributed by atoms with Gasteiger partial charge in [-0.05, 0) is 29.4 Å². The van der Waals surface area contributed by atoms with Crippen LogP contribution in [0.25, 0.3) is 0 Å². The number of thioether (sulfide) groups is 1. The quantitative estimate of drug-likeness (QED) is 0.498. The Kier molecular flexibility index (Phi) is 4.42. The Morgan fingerprint density at radius 1 is 1.46 bits per heavy atom. The van der Waals surface area contributed by atoms with Crippen molar-refractivity contribution < 1.29 is 9.72 Å². The number of hydrogen-bond acceptors (Lipinski definition) is 5. The third kappa shape index (κ3) is 3.07. The molecule has 0 spiro atoms. The van der Waals surface area contributed by atoms with Crippen molar-refractivity contribution in [2.45, 2.75) is 39.2 Å². The Hall–Kier alpha value is -1.82. The summed E-state index contributed by atoms with van der Waals surface area (Å²) in [6.45, 7) is 5.97. The van der Waals surface area contributed by atoms with Crippen molar-refractivity contribution in [1.29, 1.82) is 0 Å². The molecule has 0 saturated carbocycles. The zero-order valence-corrected chi connectivity index (χ0v) is 14.9. The lowest BCUT2D eigenvalue weighted by Crippen LogP contribution is -2.47. The van der Waals surface area contributed by atoms with Crippen molar-refractivity contribution in [3.63, 3.8) is 0 Å². The molecule has 0 aromatic heterocycles. The Bertz CT molecular complexity index is 714. The first kappa shape index (κ1) is 17.0. The number of allylic oxidation sites excluding steroid dienone is 2. The van der Waals surface area contributed by atoms with Crippen LogP contribution in [0.5, 0.6) is 0 Å². The van der Waals surface area contributed by atoms with E-state index in [1.54, 1.807) is 19.1 Å². The van der Waals surface area contributed by atoms with E-state index in [0.717, 1.165) is 23.4 Å². The van der Waals surface area contributed by atoms with Crippen molar-refractivity contribution >= 4 is 28.3 Å². The summed E-state index contributed by atoms with van der Waals surface area (Å²) in [5.74, 6) is 1.32. The molecule has 1 aromatic rings. The largest absolute Gasteiger partial charge is 0.381 e. The molecule has 3 unspecified atom stereocenters. The zero-order chi connectivity index (χ0) is 17.5. The Balaban J connectivity index is 1.93. The van der Waals surface area contributed by atoms with Crippen molar-refractivity contribution in [2.75, 3.05) is 11.1 Å². The molecule has 0 amide bonds. The van der Waals surface area contributed by atoms with Gasteiger partial charge >= 0.3 is 0 Å². The molecule has 1 aliphatic heterocycles. The highest BCUT2D eigenvalue weighted by Gasteiger charge is 2.44. The van der Waals surface area contributed by atoms with Crippen LogP contribution in [0.15, 0.2) is 30.4 Å². The van der Waals surface area contributed by atoms with E-state index in [1.165, 1.54) is 11.8 Å². The topological polar surface area (TPSA) is 72.2 Å². The number of carbonyl (C=O) groups excluding carboxylic acids is 1. The van der Waals surface area contributed by atoms with Crippen molar-refractivity contribution in [2.24, 2.45) is 11.3 Å². The highest BCUT2D eigenvalue weighted by molar-refractivity contribution is 8.13. The minimum Gasteiger partial charge on any atom is -0.381 e. The average molecular weight is 346 g/mol. The first-order valence-corrected chi connectivity index (χ1v) is 9.13. The monoisotopic (exact) mass is 346 g/mol. The normalized spacial score (nSPS) is 24.9. The van der Waals surface area contributed by atoms with E-state index in [9.17, 15) is 14.9 Å². The van der Waals surface area contributed by atoms with Gasteiger partial charge in [0.1, 0.15) is 0 Å². The number of anilines is 1. The van der Waals surface area contributed by atoms with E-state index in [1.807, 2.05) is 6.07 Å². The second-order valence-electron chi connectivity index (χ2n) is 7.27. The maximum atomic E-state index is 11.4. The van der Waals surface area contributed by atoms with Gasteiger partial charge in [0.2, 0.25) is 0 Å². The second-order valence-corrected chi connectivity index (χ2v) is 8.43. The van der Waals surface area contributed by atoms with Crippen LogP contribution in [0.2, 0.25) is 0 Å². The molecule has 1 heterocycles. The summed E-state index contributed by atoms with van der Waals surface area (Å²) < 4.78 is 0. The fraction of sp³-hybridized carbons (Fsp3) is 0.500. The summed E-state index contributed by atoms with van der Waals surface area (Å²) in [6, 6.07) is 5.29. The van der Waals surface area contributed by atoms with E-state index in [2.05, 4.69) is 31.3 Å². The van der Waals surface area contributed by atoms with E-state index in [4.69, 9.17) is 0 Å². The average Bonchev–Trinajstić information content (AvgIpc) is 3.01. The molecular weight excluding hydrogens is 324 g/mol.